The highest BCUT2D eigenvalue weighted by Crippen LogP contribution is 2.22. The van der Waals surface area contributed by atoms with Crippen LogP contribution >= 0.6 is 11.6 Å². The number of amides is 1. The van der Waals surface area contributed by atoms with E-state index in [9.17, 15) is 4.79 Å². The number of hydrogen-bond acceptors (Lipinski definition) is 4. The molecule has 1 aromatic heterocycles. The van der Waals surface area contributed by atoms with Gasteiger partial charge in [0.2, 0.25) is 5.91 Å². The van der Waals surface area contributed by atoms with Gasteiger partial charge >= 0.3 is 0 Å². The molecule has 6 nitrogen and oxygen atoms in total. The first-order valence-electron chi connectivity index (χ1n) is 6.74. The Morgan fingerprint density at radius 1 is 1.48 bits per heavy atom. The van der Waals surface area contributed by atoms with Crippen LogP contribution in [0.1, 0.15) is 17.7 Å². The molecule has 112 valence electrons. The Morgan fingerprint density at radius 2 is 2.29 bits per heavy atom. The minimum Gasteiger partial charge on any atom is -0.330 e. The second kappa shape index (κ2) is 7.19. The average molecular weight is 308 g/mol. The highest BCUT2D eigenvalue weighted by molar-refractivity contribution is 6.31. The second-order valence-electron chi connectivity index (χ2n) is 4.76. The Morgan fingerprint density at radius 3 is 3.05 bits per heavy atom. The molecule has 0 atom stereocenters. The molecule has 0 saturated heterocycles. The fourth-order valence-electron chi connectivity index (χ4n) is 1.89. The molecule has 1 aromatic carbocycles. The zero-order chi connectivity index (χ0) is 15.2. The largest absolute Gasteiger partial charge is 0.330 e. The van der Waals surface area contributed by atoms with Crippen LogP contribution in [-0.2, 0) is 17.8 Å². The average Bonchev–Trinajstić information content (AvgIpc) is 2.89. The molecular formula is C14H18ClN5O. The molecule has 0 fully saturated rings. The lowest BCUT2D eigenvalue weighted by atomic mass is 10.2. The topological polar surface area (TPSA) is 85.8 Å². The lowest BCUT2D eigenvalue weighted by molar-refractivity contribution is -0.116. The van der Waals surface area contributed by atoms with E-state index in [1.807, 2.05) is 13.0 Å². The first-order chi connectivity index (χ1) is 10.1. The highest BCUT2D eigenvalue weighted by atomic mass is 35.5. The summed E-state index contributed by atoms with van der Waals surface area (Å²) in [5.41, 5.74) is 7.83. The van der Waals surface area contributed by atoms with Crippen molar-refractivity contribution in [3.63, 3.8) is 0 Å². The number of carbonyl (C=O) groups is 1. The van der Waals surface area contributed by atoms with Crippen molar-refractivity contribution in [3.05, 3.63) is 40.7 Å². The van der Waals surface area contributed by atoms with E-state index >= 15 is 0 Å². The quantitative estimate of drug-likeness (QED) is 0.851. The molecule has 0 unspecified atom stereocenters. The first kappa shape index (κ1) is 15.5. The number of nitrogens with zero attached hydrogens (tertiary/aromatic N) is 3. The van der Waals surface area contributed by atoms with Gasteiger partial charge in [-0.15, -0.1) is 5.10 Å². The van der Waals surface area contributed by atoms with Gasteiger partial charge in [0.15, 0.2) is 0 Å². The molecule has 0 aliphatic heterocycles. The number of carbonyl (C=O) groups excluding carboxylic acids is 1. The number of halogens is 1. The summed E-state index contributed by atoms with van der Waals surface area (Å²) in [5, 5.41) is 11.4. The van der Waals surface area contributed by atoms with E-state index in [0.717, 1.165) is 24.1 Å². The van der Waals surface area contributed by atoms with E-state index in [-0.39, 0.29) is 12.5 Å². The monoisotopic (exact) mass is 307 g/mol. The van der Waals surface area contributed by atoms with Crippen LogP contribution < -0.4 is 11.1 Å². The Kier molecular flexibility index (Phi) is 5.30. The Hall–Kier alpha value is -1.92. The van der Waals surface area contributed by atoms with E-state index in [2.05, 4.69) is 15.6 Å². The Balaban J connectivity index is 1.95. The molecule has 7 heteroatoms. The normalized spacial score (nSPS) is 10.6. The van der Waals surface area contributed by atoms with Crippen molar-refractivity contribution in [3.8, 4) is 0 Å². The van der Waals surface area contributed by atoms with Crippen molar-refractivity contribution in [1.29, 1.82) is 0 Å². The maximum absolute atomic E-state index is 12.0. The smallest absolute Gasteiger partial charge is 0.246 e. The number of anilines is 1. The molecule has 2 aromatic rings. The predicted octanol–water partition coefficient (Wildman–Crippen LogP) is 1.77. The third kappa shape index (κ3) is 4.27. The molecular weight excluding hydrogens is 290 g/mol. The van der Waals surface area contributed by atoms with Gasteiger partial charge < -0.3 is 11.1 Å². The van der Waals surface area contributed by atoms with Crippen molar-refractivity contribution in [1.82, 2.24) is 15.0 Å². The molecule has 1 amide bonds. The maximum atomic E-state index is 12.0. The number of aromatic nitrogens is 3. The van der Waals surface area contributed by atoms with Crippen molar-refractivity contribution >= 4 is 23.2 Å². The molecule has 21 heavy (non-hydrogen) atoms. The highest BCUT2D eigenvalue weighted by Gasteiger charge is 2.09. The molecule has 0 radical (unpaired) electrons. The molecule has 0 spiro atoms. The van der Waals surface area contributed by atoms with Crippen molar-refractivity contribution in [2.45, 2.75) is 26.3 Å². The number of benzene rings is 1. The lowest BCUT2D eigenvalue weighted by Crippen LogP contribution is -2.19. The van der Waals surface area contributed by atoms with E-state index in [4.69, 9.17) is 17.3 Å². The summed E-state index contributed by atoms with van der Waals surface area (Å²) in [6.45, 7) is 2.58. The van der Waals surface area contributed by atoms with E-state index in [1.165, 1.54) is 4.68 Å². The number of aryl methyl sites for hydroxylation is 1. The molecule has 2 rings (SSSR count). The third-order valence-corrected chi connectivity index (χ3v) is 3.48. The molecule has 0 saturated carbocycles. The minimum atomic E-state index is -0.171. The number of hydrogen-bond donors (Lipinski definition) is 2. The Bertz CT molecular complexity index is 626. The van der Waals surface area contributed by atoms with Crippen molar-refractivity contribution in [2.24, 2.45) is 5.73 Å². The zero-order valence-corrected chi connectivity index (χ0v) is 12.6. The van der Waals surface area contributed by atoms with Gasteiger partial charge in [0.05, 0.1) is 5.69 Å². The summed E-state index contributed by atoms with van der Waals surface area (Å²) < 4.78 is 1.51. The van der Waals surface area contributed by atoms with Gasteiger partial charge in [-0.05, 0) is 44.0 Å². The van der Waals surface area contributed by atoms with Crippen molar-refractivity contribution < 1.29 is 4.79 Å². The zero-order valence-electron chi connectivity index (χ0n) is 11.8. The number of nitrogens with one attached hydrogen (secondary N) is 1. The van der Waals surface area contributed by atoms with Crippen molar-refractivity contribution in [2.75, 3.05) is 11.9 Å². The van der Waals surface area contributed by atoms with E-state index in [1.54, 1.807) is 18.3 Å². The summed E-state index contributed by atoms with van der Waals surface area (Å²) in [6.07, 6.45) is 3.39. The minimum absolute atomic E-state index is 0.113. The Labute approximate surface area is 128 Å². The maximum Gasteiger partial charge on any atom is 0.246 e. The van der Waals surface area contributed by atoms with Crippen LogP contribution in [0.2, 0.25) is 5.02 Å². The van der Waals surface area contributed by atoms with Crippen LogP contribution in [0.4, 0.5) is 5.69 Å². The summed E-state index contributed by atoms with van der Waals surface area (Å²) in [4.78, 5) is 12.0. The molecule has 1 heterocycles. The van der Waals surface area contributed by atoms with Gasteiger partial charge in [-0.3, -0.25) is 4.79 Å². The van der Waals surface area contributed by atoms with Gasteiger partial charge in [-0.2, -0.15) is 0 Å². The van der Waals surface area contributed by atoms with Gasteiger partial charge in [0.1, 0.15) is 6.54 Å². The van der Waals surface area contributed by atoms with Crippen LogP contribution in [0.5, 0.6) is 0 Å². The van der Waals surface area contributed by atoms with Gasteiger partial charge in [-0.1, -0.05) is 22.9 Å². The summed E-state index contributed by atoms with van der Waals surface area (Å²) in [7, 11) is 0. The molecule has 0 aliphatic carbocycles. The second-order valence-corrected chi connectivity index (χ2v) is 5.17. The molecule has 0 aliphatic rings. The standard InChI is InChI=1S/C14H18ClN5O/c1-10-12(15)5-2-6-13(10)17-14(21)9-20-8-11(18-19-20)4-3-7-16/h2,5-6,8H,3-4,7,9,16H2,1H3,(H,17,21). The van der Waals surface area contributed by atoms with E-state index < -0.39 is 0 Å². The van der Waals surface area contributed by atoms with Crippen LogP contribution in [0, 0.1) is 6.92 Å². The lowest BCUT2D eigenvalue weighted by Gasteiger charge is -2.09. The fourth-order valence-corrected chi connectivity index (χ4v) is 2.07. The first-order valence-corrected chi connectivity index (χ1v) is 7.12. The van der Waals surface area contributed by atoms with Crippen LogP contribution in [0.3, 0.4) is 0 Å². The summed E-state index contributed by atoms with van der Waals surface area (Å²) in [6, 6.07) is 5.39. The van der Waals surface area contributed by atoms with Gasteiger partial charge in [-0.25, -0.2) is 4.68 Å². The summed E-state index contributed by atoms with van der Waals surface area (Å²) in [5.74, 6) is -0.171. The van der Waals surface area contributed by atoms with Gasteiger partial charge in [0.25, 0.3) is 0 Å². The van der Waals surface area contributed by atoms with Crippen LogP contribution in [-0.4, -0.2) is 27.4 Å². The summed E-state index contributed by atoms with van der Waals surface area (Å²) >= 11 is 6.02. The predicted molar refractivity (Wildman–Crippen MR) is 82.2 cm³/mol. The SMILES string of the molecule is Cc1c(Cl)cccc1NC(=O)Cn1cc(CCCN)nn1. The molecule has 0 bridgehead atoms. The molecule has 3 N–H and O–H groups in total. The number of nitrogens with two attached hydrogens (primary N) is 1. The number of rotatable bonds is 6. The van der Waals surface area contributed by atoms with Crippen LogP contribution in [0.25, 0.3) is 0 Å². The van der Waals surface area contributed by atoms with Gasteiger partial charge in [0, 0.05) is 16.9 Å². The van der Waals surface area contributed by atoms with Crippen LogP contribution in [0.15, 0.2) is 24.4 Å². The third-order valence-electron chi connectivity index (χ3n) is 3.07. The van der Waals surface area contributed by atoms with E-state index in [0.29, 0.717) is 17.3 Å². The fraction of sp³-hybridized carbons (Fsp3) is 0.357.